The van der Waals surface area contributed by atoms with Gasteiger partial charge in [-0.3, -0.25) is 9.11 Å². The SMILES string of the molecule is O=C(O)C1OC(OC2[C@@H](O)[C@@H](CO)O[C@@H]2COS(=O)(=O)O)C(OS(=O)(=O)O)C(O)C1O. The monoisotopic (exact) mass is 500 g/mol. The molecule has 2 fully saturated rings. The molecular weight excluding hydrogens is 480 g/mol. The molecule has 0 radical (unpaired) electrons. The molecule has 7 N–H and O–H groups in total. The van der Waals surface area contributed by atoms with E-state index in [4.69, 9.17) is 28.4 Å². The van der Waals surface area contributed by atoms with Gasteiger partial charge in [-0.15, -0.1) is 0 Å². The van der Waals surface area contributed by atoms with Gasteiger partial charge in [0.2, 0.25) is 0 Å². The number of carbonyl (C=O) groups is 1. The number of aliphatic hydroxyl groups excluding tert-OH is 4. The number of hydrogen-bond donors (Lipinski definition) is 7. The van der Waals surface area contributed by atoms with Crippen molar-refractivity contribution in [2.45, 2.75) is 55.1 Å². The molecule has 2 rings (SSSR count). The molecule has 182 valence electrons. The Bertz CT molecular complexity index is 841. The van der Waals surface area contributed by atoms with Crippen LogP contribution in [0, 0.1) is 0 Å². The molecule has 2 aliphatic heterocycles. The number of hydrogen-bond acceptors (Lipinski definition) is 14. The van der Waals surface area contributed by atoms with Crippen molar-refractivity contribution >= 4 is 26.8 Å². The molecular formula is C12H20O17S2. The summed E-state index contributed by atoms with van der Waals surface area (Å²) in [4.78, 5) is 11.2. The zero-order chi connectivity index (χ0) is 23.7. The topological polar surface area (TPSA) is 273 Å². The molecule has 0 spiro atoms. The van der Waals surface area contributed by atoms with Gasteiger partial charge in [0.05, 0.1) is 13.2 Å². The van der Waals surface area contributed by atoms with E-state index in [1.165, 1.54) is 0 Å². The third-order valence-corrected chi connectivity index (χ3v) is 5.21. The Balaban J connectivity index is 2.31. The summed E-state index contributed by atoms with van der Waals surface area (Å²) >= 11 is 0. The number of aliphatic carboxylic acids is 1. The van der Waals surface area contributed by atoms with Crippen LogP contribution in [-0.4, -0.2) is 126 Å². The summed E-state index contributed by atoms with van der Waals surface area (Å²) in [6.07, 6.45) is -17.6. The molecule has 2 saturated heterocycles. The summed E-state index contributed by atoms with van der Waals surface area (Å²) in [5, 5.41) is 48.4. The van der Waals surface area contributed by atoms with Crippen LogP contribution in [0.25, 0.3) is 0 Å². The largest absolute Gasteiger partial charge is 0.479 e. The lowest BCUT2D eigenvalue weighted by molar-refractivity contribution is -0.306. The van der Waals surface area contributed by atoms with E-state index in [0.717, 1.165) is 0 Å². The normalized spacial score (nSPS) is 39.5. The number of carboxylic acid groups (broad SMARTS) is 1. The highest BCUT2D eigenvalue weighted by atomic mass is 32.3. The number of rotatable bonds is 9. The van der Waals surface area contributed by atoms with Crippen LogP contribution in [0.5, 0.6) is 0 Å². The van der Waals surface area contributed by atoms with Crippen molar-refractivity contribution in [2.24, 2.45) is 0 Å². The second-order valence-corrected chi connectivity index (χ2v) is 8.57. The molecule has 0 aliphatic carbocycles. The fourth-order valence-electron chi connectivity index (χ4n) is 2.97. The molecule has 0 aromatic carbocycles. The van der Waals surface area contributed by atoms with Crippen LogP contribution in [-0.2, 0) is 48.2 Å². The molecule has 2 heterocycles. The Morgan fingerprint density at radius 3 is 1.97 bits per heavy atom. The third-order valence-electron chi connectivity index (χ3n) is 4.31. The van der Waals surface area contributed by atoms with Crippen LogP contribution in [0.15, 0.2) is 0 Å². The molecule has 31 heavy (non-hydrogen) atoms. The van der Waals surface area contributed by atoms with Gasteiger partial charge in [0.15, 0.2) is 18.5 Å². The fourth-order valence-corrected chi connectivity index (χ4v) is 3.76. The number of carboxylic acids is 1. The van der Waals surface area contributed by atoms with Crippen LogP contribution in [0.2, 0.25) is 0 Å². The second-order valence-electron chi connectivity index (χ2n) is 6.43. The van der Waals surface area contributed by atoms with E-state index >= 15 is 0 Å². The van der Waals surface area contributed by atoms with Gasteiger partial charge >= 0.3 is 26.8 Å². The van der Waals surface area contributed by atoms with Gasteiger partial charge in [0.1, 0.15) is 36.6 Å². The van der Waals surface area contributed by atoms with Crippen molar-refractivity contribution < 1.29 is 78.8 Å². The lowest BCUT2D eigenvalue weighted by atomic mass is 9.98. The summed E-state index contributed by atoms with van der Waals surface area (Å²) in [7, 11) is -10.3. The van der Waals surface area contributed by atoms with Crippen LogP contribution in [0.3, 0.4) is 0 Å². The summed E-state index contributed by atoms with van der Waals surface area (Å²) in [6, 6.07) is 0. The Morgan fingerprint density at radius 2 is 1.48 bits per heavy atom. The fraction of sp³-hybridized carbons (Fsp3) is 0.917. The van der Waals surface area contributed by atoms with Gasteiger partial charge in [-0.1, -0.05) is 0 Å². The average Bonchev–Trinajstić information content (AvgIpc) is 2.92. The first-order valence-corrected chi connectivity index (χ1v) is 11.0. The van der Waals surface area contributed by atoms with E-state index in [1.807, 2.05) is 0 Å². The maximum absolute atomic E-state index is 11.2. The van der Waals surface area contributed by atoms with Crippen molar-refractivity contribution in [1.29, 1.82) is 0 Å². The van der Waals surface area contributed by atoms with E-state index in [-0.39, 0.29) is 0 Å². The first-order chi connectivity index (χ1) is 14.1. The third kappa shape index (κ3) is 6.71. The lowest BCUT2D eigenvalue weighted by Gasteiger charge is -2.41. The second kappa shape index (κ2) is 9.82. The van der Waals surface area contributed by atoms with Crippen LogP contribution in [0.4, 0.5) is 0 Å². The van der Waals surface area contributed by atoms with E-state index in [2.05, 4.69) is 8.37 Å². The van der Waals surface area contributed by atoms with Crippen molar-refractivity contribution in [2.75, 3.05) is 13.2 Å². The quantitative estimate of drug-likeness (QED) is 0.146. The maximum atomic E-state index is 11.2. The highest BCUT2D eigenvalue weighted by Gasteiger charge is 2.54. The smallest absolute Gasteiger partial charge is 0.397 e. The molecule has 0 amide bonds. The summed E-state index contributed by atoms with van der Waals surface area (Å²) in [6.45, 7) is -1.81. The summed E-state index contributed by atoms with van der Waals surface area (Å²) < 4.78 is 84.8. The molecule has 2 aliphatic rings. The van der Waals surface area contributed by atoms with E-state index < -0.39 is 95.1 Å². The van der Waals surface area contributed by atoms with Crippen molar-refractivity contribution in [1.82, 2.24) is 0 Å². The molecule has 0 bridgehead atoms. The van der Waals surface area contributed by atoms with Gasteiger partial charge in [0, 0.05) is 0 Å². The van der Waals surface area contributed by atoms with Crippen molar-refractivity contribution in [3.8, 4) is 0 Å². The molecule has 6 unspecified atom stereocenters. The maximum Gasteiger partial charge on any atom is 0.397 e. The number of aliphatic hydroxyl groups is 4. The van der Waals surface area contributed by atoms with Crippen LogP contribution >= 0.6 is 0 Å². The molecule has 19 heteroatoms. The standard InChI is InChI=1S/C12H20O17S2/c13-1-3-5(14)8(4(26-3)2-25-30(19,20)21)27-12-10(29-31(22,23)24)7(16)6(15)9(28-12)11(17)18/h3-10,12-16H,1-2H2,(H,17,18)(H,19,20,21)(H,22,23,24)/t3-,4-,5+,6?,7?,8?,9?,10?,12?/m1/s1. The van der Waals surface area contributed by atoms with Crippen molar-refractivity contribution in [3.63, 3.8) is 0 Å². The minimum atomic E-state index is -5.31. The molecule has 0 aromatic heterocycles. The lowest BCUT2D eigenvalue weighted by Crippen LogP contribution is -2.62. The Kier molecular flexibility index (Phi) is 8.30. The van der Waals surface area contributed by atoms with Crippen molar-refractivity contribution in [3.05, 3.63) is 0 Å². The zero-order valence-electron chi connectivity index (χ0n) is 15.1. The minimum absolute atomic E-state index is 0.820. The van der Waals surface area contributed by atoms with Gasteiger partial charge in [-0.05, 0) is 0 Å². The Labute approximate surface area is 174 Å². The highest BCUT2D eigenvalue weighted by molar-refractivity contribution is 7.81. The molecule has 9 atom stereocenters. The minimum Gasteiger partial charge on any atom is -0.479 e. The van der Waals surface area contributed by atoms with E-state index in [1.54, 1.807) is 0 Å². The first-order valence-electron chi connectivity index (χ1n) is 8.26. The average molecular weight is 500 g/mol. The Morgan fingerprint density at radius 1 is 0.871 bits per heavy atom. The van der Waals surface area contributed by atoms with Gasteiger partial charge in [-0.25, -0.2) is 13.2 Å². The van der Waals surface area contributed by atoms with E-state index in [0.29, 0.717) is 0 Å². The zero-order valence-corrected chi connectivity index (χ0v) is 16.8. The van der Waals surface area contributed by atoms with Gasteiger partial charge < -0.3 is 39.7 Å². The van der Waals surface area contributed by atoms with Crippen LogP contribution < -0.4 is 0 Å². The Hall–Kier alpha value is -1.07. The predicted octanol–water partition coefficient (Wildman–Crippen LogP) is -4.97. The van der Waals surface area contributed by atoms with Gasteiger partial charge in [-0.2, -0.15) is 16.8 Å². The molecule has 17 nitrogen and oxygen atoms in total. The number of ether oxygens (including phenoxy) is 3. The molecule has 0 saturated carbocycles. The summed E-state index contributed by atoms with van der Waals surface area (Å²) in [5.74, 6) is -1.81. The highest BCUT2D eigenvalue weighted by Crippen LogP contribution is 2.31. The predicted molar refractivity (Wildman–Crippen MR) is 88.9 cm³/mol. The van der Waals surface area contributed by atoms with Gasteiger partial charge in [0.25, 0.3) is 0 Å². The van der Waals surface area contributed by atoms with Crippen LogP contribution in [0.1, 0.15) is 0 Å². The molecule has 0 aromatic rings. The summed E-state index contributed by atoms with van der Waals surface area (Å²) in [5.41, 5.74) is 0. The first kappa shape index (κ1) is 26.2. The van der Waals surface area contributed by atoms with E-state index in [9.17, 15) is 42.1 Å².